The van der Waals surface area contributed by atoms with E-state index in [0.29, 0.717) is 10.9 Å². The van der Waals surface area contributed by atoms with Gasteiger partial charge < -0.3 is 10.2 Å². The lowest BCUT2D eigenvalue weighted by molar-refractivity contribution is 0.394. The molecule has 1 aromatic carbocycles. The fourth-order valence-corrected chi connectivity index (χ4v) is 1.70. The quantitative estimate of drug-likeness (QED) is 0.810. The van der Waals surface area contributed by atoms with Crippen molar-refractivity contribution >= 4 is 22.7 Å². The Morgan fingerprint density at radius 2 is 2.07 bits per heavy atom. The number of rotatable bonds is 1. The monoisotopic (exact) mass is 224 g/mol. The molecule has 2 aromatic rings. The molecule has 0 aliphatic carbocycles. The van der Waals surface area contributed by atoms with Gasteiger partial charge in [0, 0.05) is 5.02 Å². The first-order valence-electron chi connectivity index (χ1n) is 4.74. The van der Waals surface area contributed by atoms with Gasteiger partial charge in [-0.1, -0.05) is 11.6 Å². The van der Waals surface area contributed by atoms with Crippen LogP contribution in [0.1, 0.15) is 25.3 Å². The number of hydrogen-bond acceptors (Lipinski definition) is 3. The van der Waals surface area contributed by atoms with E-state index < -0.39 is 5.54 Å². The molecule has 0 saturated heterocycles. The van der Waals surface area contributed by atoms with Crippen LogP contribution in [0.4, 0.5) is 0 Å². The molecule has 0 radical (unpaired) electrons. The van der Waals surface area contributed by atoms with Crippen molar-refractivity contribution in [3.05, 3.63) is 28.6 Å². The predicted molar refractivity (Wildman–Crippen MR) is 61.0 cm³/mol. The summed E-state index contributed by atoms with van der Waals surface area (Å²) in [7, 11) is 0. The van der Waals surface area contributed by atoms with Crippen LogP contribution in [0.3, 0.4) is 0 Å². The molecule has 80 valence electrons. The SMILES string of the molecule is Cc1cc(Cl)cc2nc(C(C)(C)N)oc12. The van der Waals surface area contributed by atoms with Crippen molar-refractivity contribution in [3.63, 3.8) is 0 Å². The molecule has 1 aromatic heterocycles. The summed E-state index contributed by atoms with van der Waals surface area (Å²) >= 11 is 5.93. The van der Waals surface area contributed by atoms with Crippen molar-refractivity contribution in [2.24, 2.45) is 5.73 Å². The van der Waals surface area contributed by atoms with Crippen LogP contribution in [-0.4, -0.2) is 4.98 Å². The molecule has 2 rings (SSSR count). The molecule has 0 spiro atoms. The first kappa shape index (κ1) is 10.5. The highest BCUT2D eigenvalue weighted by atomic mass is 35.5. The molecule has 0 aliphatic rings. The van der Waals surface area contributed by atoms with E-state index in [-0.39, 0.29) is 0 Å². The van der Waals surface area contributed by atoms with E-state index in [4.69, 9.17) is 21.8 Å². The molecular weight excluding hydrogens is 212 g/mol. The zero-order chi connectivity index (χ0) is 11.2. The maximum absolute atomic E-state index is 5.93. The Balaban J connectivity index is 2.71. The zero-order valence-corrected chi connectivity index (χ0v) is 9.72. The van der Waals surface area contributed by atoms with Gasteiger partial charge in [-0.15, -0.1) is 0 Å². The summed E-state index contributed by atoms with van der Waals surface area (Å²) in [6, 6.07) is 3.63. The number of fused-ring (bicyclic) bond motifs is 1. The average molecular weight is 225 g/mol. The second-order valence-corrected chi connectivity index (χ2v) is 4.75. The summed E-state index contributed by atoms with van der Waals surface area (Å²) in [6.45, 7) is 5.65. The van der Waals surface area contributed by atoms with Crippen LogP contribution in [0.15, 0.2) is 16.5 Å². The first-order chi connectivity index (χ1) is 6.88. The third-order valence-electron chi connectivity index (χ3n) is 2.19. The number of aryl methyl sites for hydroxylation is 1. The van der Waals surface area contributed by atoms with Crippen molar-refractivity contribution in [1.82, 2.24) is 4.98 Å². The van der Waals surface area contributed by atoms with Crippen molar-refractivity contribution < 1.29 is 4.42 Å². The second kappa shape index (κ2) is 3.22. The predicted octanol–water partition coefficient (Wildman–Crippen LogP) is 2.98. The van der Waals surface area contributed by atoms with Crippen LogP contribution < -0.4 is 5.73 Å². The molecule has 0 bridgehead atoms. The normalized spacial score (nSPS) is 12.3. The van der Waals surface area contributed by atoms with E-state index in [9.17, 15) is 0 Å². The Bertz CT molecular complexity index is 511. The molecule has 0 atom stereocenters. The number of hydrogen-bond donors (Lipinski definition) is 1. The molecular formula is C11H13ClN2O. The Kier molecular flexibility index (Phi) is 2.24. The Labute approximate surface area is 93.2 Å². The molecule has 15 heavy (non-hydrogen) atoms. The van der Waals surface area contributed by atoms with Gasteiger partial charge in [0.25, 0.3) is 0 Å². The molecule has 1 heterocycles. The highest BCUT2D eigenvalue weighted by molar-refractivity contribution is 6.31. The Hall–Kier alpha value is -1.06. The smallest absolute Gasteiger partial charge is 0.215 e. The van der Waals surface area contributed by atoms with Gasteiger partial charge in [0.05, 0.1) is 5.54 Å². The fraction of sp³-hybridized carbons (Fsp3) is 0.364. The maximum atomic E-state index is 5.93. The Morgan fingerprint density at radius 3 is 2.67 bits per heavy atom. The van der Waals surface area contributed by atoms with Crippen LogP contribution in [0.25, 0.3) is 11.1 Å². The fourth-order valence-electron chi connectivity index (χ4n) is 1.43. The van der Waals surface area contributed by atoms with Gasteiger partial charge >= 0.3 is 0 Å². The Morgan fingerprint density at radius 1 is 1.40 bits per heavy atom. The number of nitrogens with two attached hydrogens (primary N) is 1. The third-order valence-corrected chi connectivity index (χ3v) is 2.41. The van der Waals surface area contributed by atoms with Crippen molar-refractivity contribution in [2.75, 3.05) is 0 Å². The van der Waals surface area contributed by atoms with Gasteiger partial charge in [-0.2, -0.15) is 0 Å². The standard InChI is InChI=1S/C11H13ClN2O/c1-6-4-7(12)5-8-9(6)15-10(14-8)11(2,3)13/h4-5H,13H2,1-3H3. The number of benzene rings is 1. The molecule has 3 nitrogen and oxygen atoms in total. The number of nitrogens with zero attached hydrogens (tertiary/aromatic N) is 1. The largest absolute Gasteiger partial charge is 0.438 e. The number of oxazole rings is 1. The van der Waals surface area contributed by atoms with E-state index in [1.165, 1.54) is 0 Å². The van der Waals surface area contributed by atoms with Gasteiger partial charge in [-0.25, -0.2) is 4.98 Å². The molecule has 0 aliphatic heterocycles. The lowest BCUT2D eigenvalue weighted by atomic mass is 10.1. The molecule has 0 saturated carbocycles. The highest BCUT2D eigenvalue weighted by Crippen LogP contribution is 2.27. The maximum Gasteiger partial charge on any atom is 0.215 e. The minimum absolute atomic E-state index is 0.530. The average Bonchev–Trinajstić information content (AvgIpc) is 2.46. The molecule has 2 N–H and O–H groups in total. The molecule has 0 unspecified atom stereocenters. The lowest BCUT2D eigenvalue weighted by Crippen LogP contribution is -2.28. The zero-order valence-electron chi connectivity index (χ0n) is 8.97. The van der Waals surface area contributed by atoms with Gasteiger partial charge in [-0.3, -0.25) is 0 Å². The van der Waals surface area contributed by atoms with E-state index in [1.54, 1.807) is 6.07 Å². The minimum atomic E-state index is -0.571. The van der Waals surface area contributed by atoms with Gasteiger partial charge in [0.15, 0.2) is 5.58 Å². The van der Waals surface area contributed by atoms with Gasteiger partial charge in [-0.05, 0) is 38.5 Å². The topological polar surface area (TPSA) is 52.0 Å². The number of halogens is 1. The van der Waals surface area contributed by atoms with E-state index >= 15 is 0 Å². The third kappa shape index (κ3) is 1.85. The summed E-state index contributed by atoms with van der Waals surface area (Å²) < 4.78 is 5.62. The van der Waals surface area contributed by atoms with Crippen LogP contribution in [0, 0.1) is 6.92 Å². The van der Waals surface area contributed by atoms with Crippen LogP contribution in [0.2, 0.25) is 5.02 Å². The summed E-state index contributed by atoms with van der Waals surface area (Å²) in [5.74, 6) is 0.530. The van der Waals surface area contributed by atoms with Gasteiger partial charge in [0.1, 0.15) is 5.52 Å². The van der Waals surface area contributed by atoms with Crippen LogP contribution >= 0.6 is 11.6 Å². The van der Waals surface area contributed by atoms with Crippen LogP contribution in [0.5, 0.6) is 0 Å². The first-order valence-corrected chi connectivity index (χ1v) is 5.12. The summed E-state index contributed by atoms with van der Waals surface area (Å²) in [6.07, 6.45) is 0. The highest BCUT2D eigenvalue weighted by Gasteiger charge is 2.22. The minimum Gasteiger partial charge on any atom is -0.438 e. The molecule has 0 amide bonds. The summed E-state index contributed by atoms with van der Waals surface area (Å²) in [4.78, 5) is 4.33. The van der Waals surface area contributed by atoms with E-state index in [1.807, 2.05) is 26.8 Å². The second-order valence-electron chi connectivity index (χ2n) is 4.31. The van der Waals surface area contributed by atoms with E-state index in [2.05, 4.69) is 4.98 Å². The van der Waals surface area contributed by atoms with Crippen molar-refractivity contribution in [2.45, 2.75) is 26.3 Å². The molecule has 0 fully saturated rings. The van der Waals surface area contributed by atoms with Crippen LogP contribution in [-0.2, 0) is 5.54 Å². The summed E-state index contributed by atoms with van der Waals surface area (Å²) in [5.41, 5.74) is 7.84. The van der Waals surface area contributed by atoms with Crippen molar-refractivity contribution in [3.8, 4) is 0 Å². The lowest BCUT2D eigenvalue weighted by Gasteiger charge is -2.12. The van der Waals surface area contributed by atoms with E-state index in [0.717, 1.165) is 16.7 Å². The number of aromatic nitrogens is 1. The molecule has 4 heteroatoms. The van der Waals surface area contributed by atoms with Crippen molar-refractivity contribution in [1.29, 1.82) is 0 Å². The summed E-state index contributed by atoms with van der Waals surface area (Å²) in [5, 5.41) is 0.662. The van der Waals surface area contributed by atoms with Gasteiger partial charge in [0.2, 0.25) is 5.89 Å².